The van der Waals surface area contributed by atoms with Crippen LogP contribution >= 0.6 is 0 Å². The van der Waals surface area contributed by atoms with E-state index in [1.54, 1.807) is 0 Å². The molecule has 0 amide bonds. The molecule has 1 aromatic heterocycles. The lowest BCUT2D eigenvalue weighted by Crippen LogP contribution is -2.45. The van der Waals surface area contributed by atoms with E-state index in [2.05, 4.69) is 31.7 Å². The fourth-order valence-electron chi connectivity index (χ4n) is 3.37. The maximum atomic E-state index is 11.2. The van der Waals surface area contributed by atoms with Gasteiger partial charge in [-0.1, -0.05) is 13.8 Å². The number of carboxylic acid groups (broad SMARTS) is 1. The summed E-state index contributed by atoms with van der Waals surface area (Å²) in [6, 6.07) is 4.41. The van der Waals surface area contributed by atoms with Crippen molar-refractivity contribution in [2.75, 3.05) is 13.1 Å². The molecule has 1 fully saturated rings. The van der Waals surface area contributed by atoms with Crippen molar-refractivity contribution in [1.82, 2.24) is 4.90 Å². The molecule has 21 heavy (non-hydrogen) atoms. The Kier molecular flexibility index (Phi) is 4.77. The molecule has 1 aromatic rings. The summed E-state index contributed by atoms with van der Waals surface area (Å²) in [5.74, 6) is 1.08. The highest BCUT2D eigenvalue weighted by Gasteiger charge is 2.32. The smallest absolute Gasteiger partial charge is 0.307 e. The maximum absolute atomic E-state index is 11.2. The van der Waals surface area contributed by atoms with Gasteiger partial charge in [-0.3, -0.25) is 9.69 Å². The summed E-state index contributed by atoms with van der Waals surface area (Å²) in [5, 5.41) is 9.21. The van der Waals surface area contributed by atoms with E-state index < -0.39 is 5.97 Å². The second-order valence-electron chi connectivity index (χ2n) is 7.02. The molecule has 1 aliphatic heterocycles. The Bertz CT molecular complexity index is 492. The molecular weight excluding hydrogens is 266 g/mol. The number of nitrogens with zero attached hydrogens (tertiary/aromatic N) is 1. The second-order valence-corrected chi connectivity index (χ2v) is 7.02. The zero-order valence-electron chi connectivity index (χ0n) is 13.6. The number of likely N-dealkylation sites (tertiary alicyclic amines) is 1. The summed E-state index contributed by atoms with van der Waals surface area (Å²) < 4.78 is 5.78. The molecule has 1 aliphatic rings. The Morgan fingerprint density at radius 2 is 2.24 bits per heavy atom. The number of carbonyl (C=O) groups is 1. The van der Waals surface area contributed by atoms with E-state index in [-0.39, 0.29) is 11.3 Å². The van der Waals surface area contributed by atoms with Gasteiger partial charge in [-0.25, -0.2) is 0 Å². The molecule has 0 spiro atoms. The normalized spacial score (nSPS) is 22.2. The number of piperidine rings is 1. The standard InChI is InChI=1S/C17H27NO3/c1-12(18-9-5-6-14(11-18)16(19)20)10-17(3,4)15-8-7-13(2)21-15/h7-8,12,14H,5-6,9-11H2,1-4H3,(H,19,20)/t12-,14+/m0/s1. The highest BCUT2D eigenvalue weighted by molar-refractivity contribution is 5.70. The first-order chi connectivity index (χ1) is 9.79. The van der Waals surface area contributed by atoms with Crippen molar-refractivity contribution in [3.8, 4) is 0 Å². The minimum atomic E-state index is -0.659. The van der Waals surface area contributed by atoms with E-state index in [4.69, 9.17) is 4.42 Å². The lowest BCUT2D eigenvalue weighted by Gasteiger charge is -2.38. The van der Waals surface area contributed by atoms with Crippen molar-refractivity contribution < 1.29 is 14.3 Å². The van der Waals surface area contributed by atoms with Gasteiger partial charge in [0.15, 0.2) is 0 Å². The molecule has 1 saturated heterocycles. The SMILES string of the molecule is Cc1ccc(C(C)(C)C[C@H](C)N2CCC[C@@H](C(=O)O)C2)o1. The first-order valence-corrected chi connectivity index (χ1v) is 7.83. The van der Waals surface area contributed by atoms with E-state index in [0.29, 0.717) is 12.6 Å². The van der Waals surface area contributed by atoms with Crippen LogP contribution in [0.4, 0.5) is 0 Å². The lowest BCUT2D eigenvalue weighted by molar-refractivity contribution is -0.143. The molecule has 2 atom stereocenters. The largest absolute Gasteiger partial charge is 0.481 e. The topological polar surface area (TPSA) is 53.7 Å². The zero-order valence-corrected chi connectivity index (χ0v) is 13.6. The van der Waals surface area contributed by atoms with Crippen LogP contribution in [0.5, 0.6) is 0 Å². The van der Waals surface area contributed by atoms with Crippen molar-refractivity contribution in [3.05, 3.63) is 23.7 Å². The van der Waals surface area contributed by atoms with Crippen LogP contribution in [0.3, 0.4) is 0 Å². The number of aryl methyl sites for hydroxylation is 1. The van der Waals surface area contributed by atoms with E-state index in [1.165, 1.54) is 0 Å². The van der Waals surface area contributed by atoms with E-state index in [0.717, 1.165) is 37.3 Å². The summed E-state index contributed by atoms with van der Waals surface area (Å²) in [7, 11) is 0. The second kappa shape index (κ2) is 6.22. The molecule has 0 aromatic carbocycles. The number of hydrogen-bond acceptors (Lipinski definition) is 3. The summed E-state index contributed by atoms with van der Waals surface area (Å²) in [6.45, 7) is 10.2. The van der Waals surface area contributed by atoms with Crippen molar-refractivity contribution in [3.63, 3.8) is 0 Å². The van der Waals surface area contributed by atoms with Crippen LogP contribution in [0.15, 0.2) is 16.5 Å². The quantitative estimate of drug-likeness (QED) is 0.903. The van der Waals surface area contributed by atoms with Gasteiger partial charge in [-0.2, -0.15) is 0 Å². The average Bonchev–Trinajstić information content (AvgIpc) is 2.86. The first-order valence-electron chi connectivity index (χ1n) is 7.83. The van der Waals surface area contributed by atoms with Crippen molar-refractivity contribution >= 4 is 5.97 Å². The molecule has 118 valence electrons. The third-order valence-corrected chi connectivity index (χ3v) is 4.64. The minimum absolute atomic E-state index is 0.0379. The number of carboxylic acids is 1. The van der Waals surface area contributed by atoms with Crippen LogP contribution < -0.4 is 0 Å². The number of aliphatic carboxylic acids is 1. The third kappa shape index (κ3) is 3.88. The predicted octanol–water partition coefficient (Wildman–Crippen LogP) is 3.44. The maximum Gasteiger partial charge on any atom is 0.307 e. The van der Waals surface area contributed by atoms with Gasteiger partial charge in [-0.05, 0) is 51.8 Å². The first kappa shape index (κ1) is 16.1. The van der Waals surface area contributed by atoms with E-state index in [1.807, 2.05) is 13.0 Å². The van der Waals surface area contributed by atoms with Crippen molar-refractivity contribution in [2.45, 2.75) is 58.4 Å². The third-order valence-electron chi connectivity index (χ3n) is 4.64. The zero-order chi connectivity index (χ0) is 15.6. The molecule has 4 heteroatoms. The Labute approximate surface area is 127 Å². The highest BCUT2D eigenvalue weighted by Crippen LogP contribution is 2.32. The summed E-state index contributed by atoms with van der Waals surface area (Å²) in [4.78, 5) is 13.5. The van der Waals surface area contributed by atoms with Crippen LogP contribution in [0.2, 0.25) is 0 Å². The summed E-state index contributed by atoms with van der Waals surface area (Å²) >= 11 is 0. The van der Waals surface area contributed by atoms with Crippen LogP contribution in [-0.4, -0.2) is 35.1 Å². The molecule has 2 heterocycles. The van der Waals surface area contributed by atoms with Gasteiger partial charge in [0.05, 0.1) is 5.92 Å². The molecule has 0 aliphatic carbocycles. The van der Waals surface area contributed by atoms with Gasteiger partial charge in [0.1, 0.15) is 11.5 Å². The Balaban J connectivity index is 2.00. The fraction of sp³-hybridized carbons (Fsp3) is 0.706. The highest BCUT2D eigenvalue weighted by atomic mass is 16.4. The van der Waals surface area contributed by atoms with Crippen LogP contribution in [0.25, 0.3) is 0 Å². The van der Waals surface area contributed by atoms with Gasteiger partial charge in [0.25, 0.3) is 0 Å². The molecule has 0 radical (unpaired) electrons. The van der Waals surface area contributed by atoms with Crippen LogP contribution in [-0.2, 0) is 10.2 Å². The van der Waals surface area contributed by atoms with Gasteiger partial charge in [-0.15, -0.1) is 0 Å². The van der Waals surface area contributed by atoms with Gasteiger partial charge < -0.3 is 9.52 Å². The van der Waals surface area contributed by atoms with Gasteiger partial charge >= 0.3 is 5.97 Å². The molecule has 2 rings (SSSR count). The van der Waals surface area contributed by atoms with Gasteiger partial charge in [0.2, 0.25) is 0 Å². The monoisotopic (exact) mass is 293 g/mol. The Morgan fingerprint density at radius 1 is 1.52 bits per heavy atom. The minimum Gasteiger partial charge on any atom is -0.481 e. The Hall–Kier alpha value is -1.29. The van der Waals surface area contributed by atoms with Crippen LogP contribution in [0, 0.1) is 12.8 Å². The molecular formula is C17H27NO3. The average molecular weight is 293 g/mol. The predicted molar refractivity (Wildman–Crippen MR) is 82.5 cm³/mol. The van der Waals surface area contributed by atoms with Crippen molar-refractivity contribution in [1.29, 1.82) is 0 Å². The number of furan rings is 1. The molecule has 0 saturated carbocycles. The Morgan fingerprint density at radius 3 is 2.81 bits per heavy atom. The van der Waals surface area contributed by atoms with E-state index >= 15 is 0 Å². The van der Waals surface area contributed by atoms with Gasteiger partial charge in [0, 0.05) is 18.0 Å². The molecule has 0 bridgehead atoms. The summed E-state index contributed by atoms with van der Waals surface area (Å²) in [5.41, 5.74) is -0.0379. The summed E-state index contributed by atoms with van der Waals surface area (Å²) in [6.07, 6.45) is 2.74. The number of rotatable bonds is 5. The molecule has 0 unspecified atom stereocenters. The molecule has 4 nitrogen and oxygen atoms in total. The number of hydrogen-bond donors (Lipinski definition) is 1. The lowest BCUT2D eigenvalue weighted by atomic mass is 9.82. The van der Waals surface area contributed by atoms with Crippen molar-refractivity contribution in [2.24, 2.45) is 5.92 Å². The fourth-order valence-corrected chi connectivity index (χ4v) is 3.37. The molecule has 1 N–H and O–H groups in total. The van der Waals surface area contributed by atoms with E-state index in [9.17, 15) is 9.90 Å². The van der Waals surface area contributed by atoms with Crippen LogP contribution in [0.1, 0.15) is 51.6 Å².